The van der Waals surface area contributed by atoms with E-state index in [1.165, 1.54) is 13.8 Å². The average Bonchev–Trinajstić information content (AvgIpc) is 2.33. The zero-order chi connectivity index (χ0) is 14.8. The first kappa shape index (κ1) is 15.9. The third-order valence-corrected chi connectivity index (χ3v) is 3.88. The first-order valence-corrected chi connectivity index (χ1v) is 7.12. The van der Waals surface area contributed by atoms with Gasteiger partial charge < -0.3 is 10.5 Å². The molecule has 8 nitrogen and oxygen atoms in total. The summed E-state index contributed by atoms with van der Waals surface area (Å²) in [4.78, 5) is 22.8. The van der Waals surface area contributed by atoms with Crippen molar-refractivity contribution in [3.05, 3.63) is 0 Å². The van der Waals surface area contributed by atoms with Crippen LogP contribution in [-0.4, -0.2) is 50.4 Å². The highest BCUT2D eigenvalue weighted by atomic mass is 32.2. The second-order valence-corrected chi connectivity index (χ2v) is 6.33. The molecule has 1 aliphatic rings. The van der Waals surface area contributed by atoms with Crippen LogP contribution in [0.2, 0.25) is 0 Å². The fourth-order valence-electron chi connectivity index (χ4n) is 1.29. The Morgan fingerprint density at radius 1 is 1.53 bits per heavy atom. The van der Waals surface area contributed by atoms with Crippen LogP contribution < -0.4 is 5.73 Å². The number of β-lactam (4-membered cyclic amide) rings is 1. The van der Waals surface area contributed by atoms with E-state index in [4.69, 9.17) is 14.7 Å². The van der Waals surface area contributed by atoms with Crippen molar-refractivity contribution in [3.8, 4) is 0 Å². The van der Waals surface area contributed by atoms with Crippen LogP contribution in [0, 0.1) is 5.41 Å². The zero-order valence-electron chi connectivity index (χ0n) is 11.1. The molecule has 1 aliphatic heterocycles. The lowest BCUT2D eigenvalue weighted by Crippen LogP contribution is -2.63. The van der Waals surface area contributed by atoms with E-state index in [0.717, 1.165) is 0 Å². The van der Waals surface area contributed by atoms with Gasteiger partial charge in [-0.05, 0) is 20.8 Å². The van der Waals surface area contributed by atoms with Crippen molar-refractivity contribution in [2.24, 2.45) is 11.1 Å². The lowest BCUT2D eigenvalue weighted by atomic mass is 9.95. The number of ether oxygens (including phenoxy) is 1. The van der Waals surface area contributed by atoms with Crippen molar-refractivity contribution < 1.29 is 26.9 Å². The Morgan fingerprint density at radius 2 is 2.11 bits per heavy atom. The number of nitrogens with zero attached hydrogens (tertiary/aromatic N) is 1. The fraction of sp³-hybridized carbons (Fsp3) is 0.800. The zero-order valence-corrected chi connectivity index (χ0v) is 11.9. The molecule has 0 bridgehead atoms. The molecule has 0 aliphatic carbocycles. The molecule has 1 heterocycles. The fourth-order valence-corrected chi connectivity index (χ4v) is 2.56. The lowest BCUT2D eigenvalue weighted by molar-refractivity contribution is -0.155. The summed E-state index contributed by atoms with van der Waals surface area (Å²) >= 11 is 0. The maximum Gasteiger partial charge on any atom is 0.364 e. The van der Waals surface area contributed by atoms with Gasteiger partial charge in [-0.15, -0.1) is 0 Å². The topological polar surface area (TPSA) is 116 Å². The van der Waals surface area contributed by atoms with Crippen molar-refractivity contribution in [1.29, 1.82) is 0 Å². The lowest BCUT2D eigenvalue weighted by Gasteiger charge is -2.34. The molecule has 0 spiro atoms. The predicted molar refractivity (Wildman–Crippen MR) is 65.0 cm³/mol. The predicted octanol–water partition coefficient (Wildman–Crippen LogP) is -0.993. The summed E-state index contributed by atoms with van der Waals surface area (Å²) < 4.78 is 33.4. The Hall–Kier alpha value is -1.19. The highest BCUT2D eigenvalue weighted by Crippen LogP contribution is 2.22. The van der Waals surface area contributed by atoms with Crippen molar-refractivity contribution in [2.45, 2.75) is 26.8 Å². The smallest absolute Gasteiger partial charge is 0.364 e. The molecule has 110 valence electrons. The molecule has 19 heavy (non-hydrogen) atoms. The molecule has 2 N–H and O–H groups in total. The molecular weight excluding hydrogens is 276 g/mol. The standard InChI is InChI=1S/C10H18N2O6S/c1-4-17-9(14)10(2,3)6-18-19(15,16)12-5-7(11)8(12)13/h7H,4-6,11H2,1-3H3/t7-/m0/s1. The summed E-state index contributed by atoms with van der Waals surface area (Å²) in [5.74, 6) is -1.29. The molecule has 0 aromatic rings. The Bertz CT molecular complexity index is 472. The van der Waals surface area contributed by atoms with Gasteiger partial charge in [-0.3, -0.25) is 13.8 Å². The van der Waals surface area contributed by atoms with Crippen LogP contribution in [0.15, 0.2) is 0 Å². The minimum Gasteiger partial charge on any atom is -0.466 e. The molecular formula is C10H18N2O6S. The Balaban J connectivity index is 2.61. The average molecular weight is 294 g/mol. The Morgan fingerprint density at radius 3 is 2.53 bits per heavy atom. The number of hydrogen-bond donors (Lipinski definition) is 1. The number of amides is 1. The molecule has 0 unspecified atom stereocenters. The minimum atomic E-state index is -4.19. The van der Waals surface area contributed by atoms with Crippen LogP contribution in [0.3, 0.4) is 0 Å². The molecule has 0 aromatic heterocycles. The Labute approximate surface area is 112 Å². The summed E-state index contributed by atoms with van der Waals surface area (Å²) in [5.41, 5.74) is 4.17. The van der Waals surface area contributed by atoms with Gasteiger partial charge in [0.15, 0.2) is 0 Å². The minimum absolute atomic E-state index is 0.110. The van der Waals surface area contributed by atoms with Gasteiger partial charge in [0.25, 0.3) is 5.91 Å². The van der Waals surface area contributed by atoms with Crippen LogP contribution in [0.5, 0.6) is 0 Å². The van der Waals surface area contributed by atoms with E-state index in [1.807, 2.05) is 0 Å². The van der Waals surface area contributed by atoms with E-state index in [0.29, 0.717) is 4.31 Å². The van der Waals surface area contributed by atoms with Crippen LogP contribution >= 0.6 is 0 Å². The first-order valence-electron chi connectivity index (χ1n) is 5.75. The maximum atomic E-state index is 11.7. The SMILES string of the molecule is CCOC(=O)C(C)(C)COS(=O)(=O)N1C[C@H](N)C1=O. The summed E-state index contributed by atoms with van der Waals surface area (Å²) in [6.07, 6.45) is 0. The highest BCUT2D eigenvalue weighted by molar-refractivity contribution is 7.85. The largest absolute Gasteiger partial charge is 0.466 e. The molecule has 9 heteroatoms. The van der Waals surface area contributed by atoms with Gasteiger partial charge in [-0.25, -0.2) is 4.31 Å². The molecule has 1 fully saturated rings. The summed E-state index contributed by atoms with van der Waals surface area (Å²) in [7, 11) is -4.19. The van der Waals surface area contributed by atoms with E-state index in [9.17, 15) is 18.0 Å². The Kier molecular flexibility index (Phi) is 4.54. The molecule has 1 rings (SSSR count). The van der Waals surface area contributed by atoms with Crippen LogP contribution in [0.25, 0.3) is 0 Å². The molecule has 0 saturated carbocycles. The van der Waals surface area contributed by atoms with E-state index < -0.39 is 40.2 Å². The number of carbonyl (C=O) groups is 2. The molecule has 1 amide bonds. The van der Waals surface area contributed by atoms with Crippen LogP contribution in [-0.2, 0) is 28.8 Å². The van der Waals surface area contributed by atoms with Gasteiger partial charge in [0, 0.05) is 0 Å². The van der Waals surface area contributed by atoms with E-state index in [1.54, 1.807) is 6.92 Å². The number of esters is 1. The van der Waals surface area contributed by atoms with Gasteiger partial charge in [0.2, 0.25) is 0 Å². The van der Waals surface area contributed by atoms with Gasteiger partial charge in [0.1, 0.15) is 6.04 Å². The van der Waals surface area contributed by atoms with Gasteiger partial charge >= 0.3 is 16.3 Å². The first-order chi connectivity index (χ1) is 8.62. The second kappa shape index (κ2) is 5.43. The third-order valence-electron chi connectivity index (χ3n) is 2.59. The van der Waals surface area contributed by atoms with E-state index >= 15 is 0 Å². The van der Waals surface area contributed by atoms with E-state index in [-0.39, 0.29) is 13.2 Å². The van der Waals surface area contributed by atoms with Gasteiger partial charge in [0.05, 0.1) is 25.2 Å². The molecule has 1 saturated heterocycles. The van der Waals surface area contributed by atoms with E-state index in [2.05, 4.69) is 0 Å². The van der Waals surface area contributed by atoms with Gasteiger partial charge in [-0.1, -0.05) is 0 Å². The van der Waals surface area contributed by atoms with Crippen molar-refractivity contribution >= 4 is 22.2 Å². The molecule has 0 aromatic carbocycles. The monoisotopic (exact) mass is 294 g/mol. The van der Waals surface area contributed by atoms with Crippen LogP contribution in [0.4, 0.5) is 0 Å². The second-order valence-electron chi connectivity index (χ2n) is 4.80. The third kappa shape index (κ3) is 3.43. The quantitative estimate of drug-likeness (QED) is 0.493. The number of hydrogen-bond acceptors (Lipinski definition) is 7. The maximum absolute atomic E-state index is 11.7. The summed E-state index contributed by atoms with van der Waals surface area (Å²) in [6, 6.07) is -0.809. The number of nitrogens with two attached hydrogens (primary N) is 1. The van der Waals surface area contributed by atoms with Crippen molar-refractivity contribution in [1.82, 2.24) is 4.31 Å². The number of rotatable bonds is 6. The summed E-state index contributed by atoms with van der Waals surface area (Å²) in [5, 5.41) is 0. The van der Waals surface area contributed by atoms with Gasteiger partial charge in [-0.2, -0.15) is 8.42 Å². The van der Waals surface area contributed by atoms with Crippen molar-refractivity contribution in [3.63, 3.8) is 0 Å². The molecule has 0 radical (unpaired) electrons. The highest BCUT2D eigenvalue weighted by Gasteiger charge is 2.44. The number of carbonyl (C=O) groups excluding carboxylic acids is 2. The normalized spacial score (nSPS) is 20.1. The summed E-state index contributed by atoms with van der Waals surface area (Å²) in [6.45, 7) is 4.29. The van der Waals surface area contributed by atoms with Crippen LogP contribution in [0.1, 0.15) is 20.8 Å². The van der Waals surface area contributed by atoms with Crippen molar-refractivity contribution in [2.75, 3.05) is 19.8 Å². The molecule has 1 atom stereocenters.